The third kappa shape index (κ3) is 5.03. The van der Waals surface area contributed by atoms with Gasteiger partial charge in [-0.25, -0.2) is 9.97 Å². The highest BCUT2D eigenvalue weighted by molar-refractivity contribution is 5.82. The van der Waals surface area contributed by atoms with Gasteiger partial charge in [-0.15, -0.1) is 0 Å². The van der Waals surface area contributed by atoms with E-state index in [4.69, 9.17) is 9.47 Å². The van der Waals surface area contributed by atoms with E-state index in [1.54, 1.807) is 6.26 Å². The third-order valence-corrected chi connectivity index (χ3v) is 5.11. The van der Waals surface area contributed by atoms with E-state index >= 15 is 0 Å². The molecule has 4 rings (SSSR count). The number of hydrogen-bond donors (Lipinski definition) is 0. The lowest BCUT2D eigenvalue weighted by molar-refractivity contribution is 0.211. The summed E-state index contributed by atoms with van der Waals surface area (Å²) in [5, 5.41) is 0. The van der Waals surface area contributed by atoms with Crippen LogP contribution in [-0.2, 0) is 14.9 Å². The lowest BCUT2D eigenvalue weighted by Crippen LogP contribution is -2.17. The molecule has 1 aromatic carbocycles. The first-order chi connectivity index (χ1) is 14.5. The first-order valence-electron chi connectivity index (χ1n) is 10.3. The minimum absolute atomic E-state index is 0.120. The van der Waals surface area contributed by atoms with Crippen LogP contribution >= 0.6 is 0 Å². The van der Waals surface area contributed by atoms with Crippen LogP contribution in [0, 0.1) is 0 Å². The Morgan fingerprint density at radius 1 is 1.10 bits per heavy atom. The van der Waals surface area contributed by atoms with Crippen molar-refractivity contribution in [2.24, 2.45) is 4.99 Å². The zero-order valence-electron chi connectivity index (χ0n) is 17.8. The first-order valence-corrected chi connectivity index (χ1v) is 10.3. The fourth-order valence-electron chi connectivity index (χ4n) is 3.40. The lowest BCUT2D eigenvalue weighted by atomic mass is 9.86. The van der Waals surface area contributed by atoms with Gasteiger partial charge in [0.25, 0.3) is 0 Å². The van der Waals surface area contributed by atoms with Gasteiger partial charge in [-0.3, -0.25) is 0 Å². The minimum Gasteiger partial charge on any atom is -0.488 e. The van der Waals surface area contributed by atoms with E-state index in [0.29, 0.717) is 18.3 Å². The zero-order chi connectivity index (χ0) is 21.0. The van der Waals surface area contributed by atoms with Crippen molar-refractivity contribution in [2.45, 2.75) is 45.4 Å². The average Bonchev–Trinajstić information content (AvgIpc) is 2.74. The number of allylic oxidation sites excluding steroid dienone is 4. The van der Waals surface area contributed by atoms with Crippen LogP contribution in [-0.4, -0.2) is 22.5 Å². The second-order valence-corrected chi connectivity index (χ2v) is 8.56. The molecule has 0 spiro atoms. The van der Waals surface area contributed by atoms with Crippen LogP contribution in [0.4, 0.5) is 5.82 Å². The quantitative estimate of drug-likeness (QED) is 0.628. The summed E-state index contributed by atoms with van der Waals surface area (Å²) in [6.45, 7) is 6.91. The molecule has 0 unspecified atom stereocenters. The average molecular weight is 402 g/mol. The number of aromatic nitrogens is 2. The standard InChI is InChI=1S/C25H27N3O2/c1-25(2,3)20-11-9-19(10-12-20)22-14-23(27-17-26-22)28-24-16-29-15-21(30-24)13-18-7-5-4-6-8-18/h4-5,7,9-12,14-15,17H,6,8,13,16H2,1-3H3. The molecule has 0 fully saturated rings. The second-order valence-electron chi connectivity index (χ2n) is 8.56. The number of hydrogen-bond acceptors (Lipinski definition) is 5. The van der Waals surface area contributed by atoms with Gasteiger partial charge in [-0.2, -0.15) is 4.99 Å². The molecule has 154 valence electrons. The van der Waals surface area contributed by atoms with E-state index < -0.39 is 0 Å². The van der Waals surface area contributed by atoms with Crippen molar-refractivity contribution < 1.29 is 9.47 Å². The summed E-state index contributed by atoms with van der Waals surface area (Å²) in [7, 11) is 0. The van der Waals surface area contributed by atoms with Crippen molar-refractivity contribution in [1.29, 1.82) is 0 Å². The summed E-state index contributed by atoms with van der Waals surface area (Å²) in [5.74, 6) is 1.83. The topological polar surface area (TPSA) is 56.6 Å². The molecule has 5 nitrogen and oxygen atoms in total. The molecular weight excluding hydrogens is 374 g/mol. The van der Waals surface area contributed by atoms with Crippen LogP contribution in [0.15, 0.2) is 77.5 Å². The summed E-state index contributed by atoms with van der Waals surface area (Å²) in [6.07, 6.45) is 12.5. The molecule has 0 saturated heterocycles. The molecule has 30 heavy (non-hydrogen) atoms. The fourth-order valence-corrected chi connectivity index (χ4v) is 3.40. The number of nitrogens with zero attached hydrogens (tertiary/aromatic N) is 3. The summed E-state index contributed by atoms with van der Waals surface area (Å²) < 4.78 is 11.5. The molecule has 0 amide bonds. The fraction of sp³-hybridized carbons (Fsp3) is 0.320. The van der Waals surface area contributed by atoms with E-state index in [9.17, 15) is 0 Å². The smallest absolute Gasteiger partial charge is 0.234 e. The molecule has 0 atom stereocenters. The van der Waals surface area contributed by atoms with Crippen LogP contribution in [0.3, 0.4) is 0 Å². The van der Waals surface area contributed by atoms with Crippen molar-refractivity contribution in [3.63, 3.8) is 0 Å². The maximum atomic E-state index is 5.95. The number of ether oxygens (including phenoxy) is 2. The number of aliphatic imine (C=N–C) groups is 1. The van der Waals surface area contributed by atoms with Crippen molar-refractivity contribution in [3.05, 3.63) is 78.0 Å². The van der Waals surface area contributed by atoms with Crippen molar-refractivity contribution >= 4 is 11.7 Å². The number of rotatable bonds is 4. The molecule has 1 aromatic heterocycles. The highest BCUT2D eigenvalue weighted by Gasteiger charge is 2.16. The normalized spacial score (nSPS) is 17.8. The monoisotopic (exact) mass is 401 g/mol. The molecule has 0 N–H and O–H groups in total. The van der Waals surface area contributed by atoms with E-state index in [2.05, 4.69) is 78.2 Å². The molecule has 2 heterocycles. The molecule has 0 saturated carbocycles. The van der Waals surface area contributed by atoms with Crippen LogP contribution in [0.5, 0.6) is 0 Å². The third-order valence-electron chi connectivity index (χ3n) is 5.11. The predicted octanol–water partition coefficient (Wildman–Crippen LogP) is 6.03. The minimum atomic E-state index is 0.120. The second kappa shape index (κ2) is 8.66. The van der Waals surface area contributed by atoms with E-state index in [1.165, 1.54) is 17.5 Å². The van der Waals surface area contributed by atoms with Gasteiger partial charge in [0, 0.05) is 18.1 Å². The Balaban J connectivity index is 1.48. The predicted molar refractivity (Wildman–Crippen MR) is 119 cm³/mol. The van der Waals surface area contributed by atoms with E-state index in [0.717, 1.165) is 36.3 Å². The maximum absolute atomic E-state index is 5.95. The number of benzene rings is 1. The van der Waals surface area contributed by atoms with Gasteiger partial charge in [0.05, 0.1) is 5.69 Å². The molecular formula is C25H27N3O2. The lowest BCUT2D eigenvalue weighted by Gasteiger charge is -2.19. The van der Waals surface area contributed by atoms with E-state index in [1.807, 2.05) is 6.07 Å². The summed E-state index contributed by atoms with van der Waals surface area (Å²) >= 11 is 0. The summed E-state index contributed by atoms with van der Waals surface area (Å²) in [6, 6.07) is 10.3. The summed E-state index contributed by atoms with van der Waals surface area (Å²) in [4.78, 5) is 13.2. The Bertz CT molecular complexity index is 1030. The molecule has 1 aliphatic heterocycles. The molecule has 5 heteroatoms. The summed E-state index contributed by atoms with van der Waals surface area (Å²) in [5.41, 5.74) is 4.60. The van der Waals surface area contributed by atoms with Gasteiger partial charge in [0.1, 0.15) is 18.3 Å². The Kier molecular flexibility index (Phi) is 5.79. The highest BCUT2D eigenvalue weighted by Crippen LogP contribution is 2.27. The van der Waals surface area contributed by atoms with Gasteiger partial charge in [-0.05, 0) is 23.8 Å². The Morgan fingerprint density at radius 2 is 1.93 bits per heavy atom. The van der Waals surface area contributed by atoms with Crippen LogP contribution in [0.25, 0.3) is 11.3 Å². The molecule has 2 aromatic rings. The largest absolute Gasteiger partial charge is 0.488 e. The molecule has 2 aliphatic rings. The Labute approximate surface area is 177 Å². The first kappa shape index (κ1) is 20.1. The van der Waals surface area contributed by atoms with Crippen molar-refractivity contribution in [2.75, 3.05) is 6.61 Å². The molecule has 0 bridgehead atoms. The van der Waals surface area contributed by atoms with Crippen LogP contribution in [0.1, 0.15) is 45.6 Å². The van der Waals surface area contributed by atoms with Crippen LogP contribution < -0.4 is 0 Å². The molecule has 0 radical (unpaired) electrons. The Hall–Kier alpha value is -3.21. The zero-order valence-corrected chi connectivity index (χ0v) is 17.8. The SMILES string of the molecule is CC(C)(C)c1ccc(-c2cc(N=C3COC=C(CC4=CC=CCC4)O3)ncn2)cc1. The van der Waals surface area contributed by atoms with Gasteiger partial charge >= 0.3 is 0 Å². The maximum Gasteiger partial charge on any atom is 0.234 e. The van der Waals surface area contributed by atoms with Gasteiger partial charge in [0.2, 0.25) is 5.90 Å². The van der Waals surface area contributed by atoms with Gasteiger partial charge < -0.3 is 9.47 Å². The van der Waals surface area contributed by atoms with Crippen LogP contribution in [0.2, 0.25) is 0 Å². The van der Waals surface area contributed by atoms with Crippen molar-refractivity contribution in [1.82, 2.24) is 9.97 Å². The molecule has 1 aliphatic carbocycles. The Morgan fingerprint density at radius 3 is 2.67 bits per heavy atom. The van der Waals surface area contributed by atoms with Gasteiger partial charge in [0.15, 0.2) is 12.4 Å². The van der Waals surface area contributed by atoms with Gasteiger partial charge in [-0.1, -0.05) is 68.8 Å². The highest BCUT2D eigenvalue weighted by atomic mass is 16.6. The van der Waals surface area contributed by atoms with E-state index in [-0.39, 0.29) is 5.41 Å². The van der Waals surface area contributed by atoms with Crippen molar-refractivity contribution in [3.8, 4) is 11.3 Å².